The van der Waals surface area contributed by atoms with E-state index in [0.29, 0.717) is 37.8 Å². The zero-order valence-electron chi connectivity index (χ0n) is 12.0. The standard InChI is InChI=1S/C14H21N3O3/c1-3-7-20-11-8-10(2)16-13(17-11)15-9-14(12(18)19)5-4-6-14/h8H,3-7,9H2,1-2H3,(H,18,19)(H,15,16,17). The molecule has 1 aromatic heterocycles. The quantitative estimate of drug-likeness (QED) is 0.796. The van der Waals surface area contributed by atoms with Crippen LogP contribution in [0.1, 0.15) is 38.3 Å². The van der Waals surface area contributed by atoms with Crippen molar-refractivity contribution in [1.82, 2.24) is 9.97 Å². The number of aliphatic carboxylic acids is 1. The smallest absolute Gasteiger partial charge is 0.311 e. The van der Waals surface area contributed by atoms with Crippen LogP contribution in [-0.2, 0) is 4.79 Å². The van der Waals surface area contributed by atoms with Crippen molar-refractivity contribution in [1.29, 1.82) is 0 Å². The third-order valence-corrected chi connectivity index (χ3v) is 3.63. The van der Waals surface area contributed by atoms with Gasteiger partial charge in [0.05, 0.1) is 12.0 Å². The molecule has 0 spiro atoms. The monoisotopic (exact) mass is 279 g/mol. The number of hydrogen-bond donors (Lipinski definition) is 2. The minimum absolute atomic E-state index is 0.360. The number of anilines is 1. The summed E-state index contributed by atoms with van der Waals surface area (Å²) in [6.45, 7) is 4.86. The molecule has 2 rings (SSSR count). The molecule has 1 aliphatic carbocycles. The van der Waals surface area contributed by atoms with Gasteiger partial charge in [-0.3, -0.25) is 4.79 Å². The lowest BCUT2D eigenvalue weighted by atomic mass is 9.69. The minimum Gasteiger partial charge on any atom is -0.481 e. The molecule has 2 N–H and O–H groups in total. The fourth-order valence-electron chi connectivity index (χ4n) is 2.22. The first-order valence-electron chi connectivity index (χ1n) is 7.01. The lowest BCUT2D eigenvalue weighted by molar-refractivity contribution is -0.153. The number of rotatable bonds is 7. The van der Waals surface area contributed by atoms with Gasteiger partial charge in [-0.1, -0.05) is 13.3 Å². The van der Waals surface area contributed by atoms with Gasteiger partial charge < -0.3 is 15.2 Å². The van der Waals surface area contributed by atoms with E-state index >= 15 is 0 Å². The van der Waals surface area contributed by atoms with E-state index in [0.717, 1.165) is 18.5 Å². The highest BCUT2D eigenvalue weighted by atomic mass is 16.5. The molecule has 0 unspecified atom stereocenters. The Morgan fingerprint density at radius 1 is 1.50 bits per heavy atom. The number of carboxylic acid groups (broad SMARTS) is 1. The van der Waals surface area contributed by atoms with E-state index in [-0.39, 0.29) is 0 Å². The summed E-state index contributed by atoms with van der Waals surface area (Å²) in [5.74, 6) is 0.217. The molecule has 1 heterocycles. The first kappa shape index (κ1) is 14.6. The zero-order chi connectivity index (χ0) is 14.6. The van der Waals surface area contributed by atoms with E-state index in [1.54, 1.807) is 6.07 Å². The fraction of sp³-hybridized carbons (Fsp3) is 0.643. The van der Waals surface area contributed by atoms with Gasteiger partial charge in [-0.05, 0) is 26.2 Å². The van der Waals surface area contributed by atoms with E-state index in [9.17, 15) is 9.90 Å². The van der Waals surface area contributed by atoms with Gasteiger partial charge in [0.25, 0.3) is 0 Å². The average Bonchev–Trinajstić information content (AvgIpc) is 2.34. The molecule has 0 aromatic carbocycles. The number of carboxylic acids is 1. The summed E-state index contributed by atoms with van der Waals surface area (Å²) in [7, 11) is 0. The average molecular weight is 279 g/mol. The Labute approximate surface area is 118 Å². The predicted molar refractivity (Wildman–Crippen MR) is 75.0 cm³/mol. The highest BCUT2D eigenvalue weighted by Gasteiger charge is 2.44. The van der Waals surface area contributed by atoms with E-state index in [1.807, 2.05) is 13.8 Å². The molecule has 6 heteroatoms. The summed E-state index contributed by atoms with van der Waals surface area (Å²) in [6.07, 6.45) is 3.29. The van der Waals surface area contributed by atoms with Gasteiger partial charge in [0.15, 0.2) is 0 Å². The second-order valence-electron chi connectivity index (χ2n) is 5.31. The molecule has 0 amide bonds. The Balaban J connectivity index is 2.01. The normalized spacial score (nSPS) is 16.3. The Morgan fingerprint density at radius 2 is 2.25 bits per heavy atom. The van der Waals surface area contributed by atoms with Crippen LogP contribution in [0, 0.1) is 12.3 Å². The summed E-state index contributed by atoms with van der Waals surface area (Å²) in [6, 6.07) is 1.77. The van der Waals surface area contributed by atoms with Gasteiger partial charge in [0.1, 0.15) is 0 Å². The summed E-state index contributed by atoms with van der Waals surface area (Å²) in [5, 5.41) is 12.3. The van der Waals surface area contributed by atoms with Gasteiger partial charge in [-0.25, -0.2) is 4.98 Å². The minimum atomic E-state index is -0.744. The van der Waals surface area contributed by atoms with Crippen molar-refractivity contribution in [3.63, 3.8) is 0 Å². The van der Waals surface area contributed by atoms with Crippen LogP contribution in [0.5, 0.6) is 5.88 Å². The number of nitrogens with zero attached hydrogens (tertiary/aromatic N) is 2. The molecule has 1 aromatic rings. The first-order chi connectivity index (χ1) is 9.55. The van der Waals surface area contributed by atoms with Gasteiger partial charge >= 0.3 is 5.97 Å². The number of hydrogen-bond acceptors (Lipinski definition) is 5. The Kier molecular flexibility index (Phi) is 4.42. The molecule has 1 saturated carbocycles. The van der Waals surface area contributed by atoms with Crippen LogP contribution in [0.4, 0.5) is 5.95 Å². The molecule has 1 fully saturated rings. The Bertz CT molecular complexity index is 487. The summed E-state index contributed by atoms with van der Waals surface area (Å²) < 4.78 is 5.49. The van der Waals surface area contributed by atoms with Crippen molar-refractivity contribution < 1.29 is 14.6 Å². The van der Waals surface area contributed by atoms with Gasteiger partial charge in [-0.15, -0.1) is 0 Å². The van der Waals surface area contributed by atoms with Gasteiger partial charge in [0.2, 0.25) is 11.8 Å². The number of carbonyl (C=O) groups is 1. The highest BCUT2D eigenvalue weighted by molar-refractivity contribution is 5.76. The molecular weight excluding hydrogens is 258 g/mol. The molecule has 110 valence electrons. The van der Waals surface area contributed by atoms with Crippen molar-refractivity contribution in [2.45, 2.75) is 39.5 Å². The van der Waals surface area contributed by atoms with Crippen LogP contribution in [0.3, 0.4) is 0 Å². The summed E-state index contributed by atoms with van der Waals surface area (Å²) in [4.78, 5) is 19.8. The van der Waals surface area contributed by atoms with Crippen LogP contribution >= 0.6 is 0 Å². The maximum Gasteiger partial charge on any atom is 0.311 e. The zero-order valence-corrected chi connectivity index (χ0v) is 12.0. The van der Waals surface area contributed by atoms with Gasteiger partial charge in [0, 0.05) is 18.3 Å². The number of nitrogens with one attached hydrogen (secondary N) is 1. The molecule has 0 radical (unpaired) electrons. The van der Waals surface area contributed by atoms with Crippen LogP contribution < -0.4 is 10.1 Å². The molecule has 1 aliphatic rings. The summed E-state index contributed by atoms with van der Waals surface area (Å²) in [5.41, 5.74) is 0.143. The molecule has 0 bridgehead atoms. The molecule has 0 atom stereocenters. The molecule has 0 saturated heterocycles. The third kappa shape index (κ3) is 3.18. The van der Waals surface area contributed by atoms with Gasteiger partial charge in [-0.2, -0.15) is 4.98 Å². The molecule has 6 nitrogen and oxygen atoms in total. The maximum absolute atomic E-state index is 11.3. The SMILES string of the molecule is CCCOc1cc(C)nc(NCC2(C(=O)O)CCC2)n1. The lowest BCUT2D eigenvalue weighted by Crippen LogP contribution is -2.43. The van der Waals surface area contributed by atoms with E-state index in [1.165, 1.54) is 0 Å². The Hall–Kier alpha value is -1.85. The van der Waals surface area contributed by atoms with Crippen LogP contribution in [0.25, 0.3) is 0 Å². The third-order valence-electron chi connectivity index (χ3n) is 3.63. The van der Waals surface area contributed by atoms with E-state index < -0.39 is 11.4 Å². The maximum atomic E-state index is 11.3. The number of aryl methyl sites for hydroxylation is 1. The summed E-state index contributed by atoms with van der Waals surface area (Å²) >= 11 is 0. The van der Waals surface area contributed by atoms with Crippen molar-refractivity contribution in [2.24, 2.45) is 5.41 Å². The first-order valence-corrected chi connectivity index (χ1v) is 7.01. The van der Waals surface area contributed by atoms with Crippen molar-refractivity contribution >= 4 is 11.9 Å². The molecular formula is C14H21N3O3. The second kappa shape index (κ2) is 6.07. The van der Waals surface area contributed by atoms with Crippen LogP contribution in [0.2, 0.25) is 0 Å². The number of ether oxygens (including phenoxy) is 1. The van der Waals surface area contributed by atoms with Crippen molar-refractivity contribution in [3.8, 4) is 5.88 Å². The van der Waals surface area contributed by atoms with E-state index in [4.69, 9.17) is 4.74 Å². The van der Waals surface area contributed by atoms with Crippen molar-refractivity contribution in [2.75, 3.05) is 18.5 Å². The Morgan fingerprint density at radius 3 is 2.80 bits per heavy atom. The second-order valence-corrected chi connectivity index (χ2v) is 5.31. The van der Waals surface area contributed by atoms with Crippen LogP contribution in [0.15, 0.2) is 6.07 Å². The predicted octanol–water partition coefficient (Wildman–Crippen LogP) is 2.24. The van der Waals surface area contributed by atoms with E-state index in [2.05, 4.69) is 15.3 Å². The van der Waals surface area contributed by atoms with Crippen molar-refractivity contribution in [3.05, 3.63) is 11.8 Å². The fourth-order valence-corrected chi connectivity index (χ4v) is 2.22. The molecule has 20 heavy (non-hydrogen) atoms. The largest absolute Gasteiger partial charge is 0.481 e. The lowest BCUT2D eigenvalue weighted by Gasteiger charge is -2.37. The highest BCUT2D eigenvalue weighted by Crippen LogP contribution is 2.41. The number of aromatic nitrogens is 2. The van der Waals surface area contributed by atoms with Crippen LogP contribution in [-0.4, -0.2) is 34.2 Å². The topological polar surface area (TPSA) is 84.3 Å². The molecule has 0 aliphatic heterocycles.